The Kier molecular flexibility index (Phi) is 5.17. The molecule has 1 heterocycles. The Hall–Kier alpha value is -0.900. The quantitative estimate of drug-likeness (QED) is 0.836. The Bertz CT molecular complexity index is 342. The third-order valence-corrected chi connectivity index (χ3v) is 3.76. The highest BCUT2D eigenvalue weighted by atomic mass is 16.3. The first kappa shape index (κ1) is 13.5. The maximum Gasteiger partial charge on any atom is 0.0717 e. The first-order valence-electron chi connectivity index (χ1n) is 6.88. The van der Waals surface area contributed by atoms with E-state index in [0.717, 1.165) is 19.5 Å². The van der Waals surface area contributed by atoms with Gasteiger partial charge in [-0.3, -0.25) is 4.90 Å². The van der Waals surface area contributed by atoms with Crippen LogP contribution in [0.15, 0.2) is 30.3 Å². The molecule has 1 aliphatic rings. The van der Waals surface area contributed by atoms with Gasteiger partial charge in [-0.05, 0) is 31.4 Å². The SMILES string of the molecule is OCC[C@@H](O)[C@H]1CCCCN1Cc1ccccc1. The summed E-state index contributed by atoms with van der Waals surface area (Å²) in [5, 5.41) is 19.1. The van der Waals surface area contributed by atoms with Gasteiger partial charge in [0.15, 0.2) is 0 Å². The van der Waals surface area contributed by atoms with Gasteiger partial charge in [0.1, 0.15) is 0 Å². The number of piperidine rings is 1. The van der Waals surface area contributed by atoms with Crippen LogP contribution < -0.4 is 0 Å². The van der Waals surface area contributed by atoms with Gasteiger partial charge in [0.25, 0.3) is 0 Å². The van der Waals surface area contributed by atoms with E-state index in [-0.39, 0.29) is 12.6 Å². The molecule has 1 aromatic rings. The van der Waals surface area contributed by atoms with Crippen molar-refractivity contribution in [2.75, 3.05) is 13.2 Å². The topological polar surface area (TPSA) is 43.7 Å². The Labute approximate surface area is 109 Å². The van der Waals surface area contributed by atoms with Crippen LogP contribution >= 0.6 is 0 Å². The number of hydrogen-bond donors (Lipinski definition) is 2. The fourth-order valence-corrected chi connectivity index (χ4v) is 2.79. The number of aliphatic hydroxyl groups excluding tert-OH is 2. The monoisotopic (exact) mass is 249 g/mol. The van der Waals surface area contributed by atoms with E-state index >= 15 is 0 Å². The van der Waals surface area contributed by atoms with Gasteiger partial charge >= 0.3 is 0 Å². The van der Waals surface area contributed by atoms with Crippen LogP contribution in [0.3, 0.4) is 0 Å². The van der Waals surface area contributed by atoms with E-state index in [9.17, 15) is 5.11 Å². The predicted molar refractivity (Wildman–Crippen MR) is 72.2 cm³/mol. The van der Waals surface area contributed by atoms with Gasteiger partial charge in [0.05, 0.1) is 6.10 Å². The van der Waals surface area contributed by atoms with E-state index in [1.807, 2.05) is 6.07 Å². The largest absolute Gasteiger partial charge is 0.396 e. The van der Waals surface area contributed by atoms with Crippen LogP contribution in [0.2, 0.25) is 0 Å². The van der Waals surface area contributed by atoms with Crippen molar-refractivity contribution in [1.82, 2.24) is 4.90 Å². The minimum atomic E-state index is -0.404. The summed E-state index contributed by atoms with van der Waals surface area (Å²) in [6, 6.07) is 10.6. The van der Waals surface area contributed by atoms with Crippen molar-refractivity contribution in [3.05, 3.63) is 35.9 Å². The highest BCUT2D eigenvalue weighted by Crippen LogP contribution is 2.23. The van der Waals surface area contributed by atoms with E-state index < -0.39 is 6.10 Å². The second kappa shape index (κ2) is 6.88. The van der Waals surface area contributed by atoms with Gasteiger partial charge < -0.3 is 10.2 Å². The molecule has 0 aliphatic carbocycles. The number of aliphatic hydroxyl groups is 2. The first-order chi connectivity index (χ1) is 8.81. The van der Waals surface area contributed by atoms with Crippen LogP contribution in [0.4, 0.5) is 0 Å². The second-order valence-electron chi connectivity index (χ2n) is 5.10. The van der Waals surface area contributed by atoms with Gasteiger partial charge in [0.2, 0.25) is 0 Å². The molecule has 1 fully saturated rings. The molecule has 0 spiro atoms. The van der Waals surface area contributed by atoms with Crippen molar-refractivity contribution < 1.29 is 10.2 Å². The number of rotatable bonds is 5. The molecule has 100 valence electrons. The zero-order valence-electron chi connectivity index (χ0n) is 10.8. The minimum Gasteiger partial charge on any atom is -0.396 e. The summed E-state index contributed by atoms with van der Waals surface area (Å²) in [4.78, 5) is 2.36. The van der Waals surface area contributed by atoms with Crippen LogP contribution in [0.25, 0.3) is 0 Å². The number of benzene rings is 1. The predicted octanol–water partition coefficient (Wildman–Crippen LogP) is 1.78. The summed E-state index contributed by atoms with van der Waals surface area (Å²) in [5.41, 5.74) is 1.29. The molecule has 3 nitrogen and oxygen atoms in total. The molecule has 0 bridgehead atoms. The summed E-state index contributed by atoms with van der Waals surface area (Å²) in [7, 11) is 0. The number of likely N-dealkylation sites (tertiary alicyclic amines) is 1. The molecule has 0 unspecified atom stereocenters. The Balaban J connectivity index is 1.99. The van der Waals surface area contributed by atoms with Gasteiger partial charge in [-0.1, -0.05) is 36.8 Å². The lowest BCUT2D eigenvalue weighted by atomic mass is 9.95. The average Bonchev–Trinajstić information content (AvgIpc) is 2.41. The molecule has 1 saturated heterocycles. The third-order valence-electron chi connectivity index (χ3n) is 3.76. The fourth-order valence-electron chi connectivity index (χ4n) is 2.79. The molecular weight excluding hydrogens is 226 g/mol. The van der Waals surface area contributed by atoms with Crippen LogP contribution in [0, 0.1) is 0 Å². The molecule has 1 aliphatic heterocycles. The Morgan fingerprint density at radius 3 is 2.72 bits per heavy atom. The summed E-state index contributed by atoms with van der Waals surface area (Å²) < 4.78 is 0. The van der Waals surface area contributed by atoms with Crippen molar-refractivity contribution in [2.24, 2.45) is 0 Å². The second-order valence-corrected chi connectivity index (χ2v) is 5.10. The highest BCUT2D eigenvalue weighted by Gasteiger charge is 2.28. The maximum atomic E-state index is 10.1. The molecule has 0 aromatic heterocycles. The first-order valence-corrected chi connectivity index (χ1v) is 6.88. The molecular formula is C15H23NO2. The van der Waals surface area contributed by atoms with Crippen LogP contribution in [0.1, 0.15) is 31.2 Å². The summed E-state index contributed by atoms with van der Waals surface area (Å²) in [5.74, 6) is 0. The van der Waals surface area contributed by atoms with Crippen molar-refractivity contribution in [3.8, 4) is 0 Å². The molecule has 2 atom stereocenters. The van der Waals surface area contributed by atoms with Crippen molar-refractivity contribution in [2.45, 2.75) is 44.4 Å². The minimum absolute atomic E-state index is 0.0663. The standard InChI is InChI=1S/C15H23NO2/c17-11-9-15(18)14-8-4-5-10-16(14)12-13-6-2-1-3-7-13/h1-3,6-7,14-15,17-18H,4-5,8-12H2/t14-,15-/m1/s1. The molecule has 0 radical (unpaired) electrons. The molecule has 18 heavy (non-hydrogen) atoms. The van der Waals surface area contributed by atoms with E-state index in [4.69, 9.17) is 5.11 Å². The smallest absolute Gasteiger partial charge is 0.0717 e. The molecule has 3 heteroatoms. The lowest BCUT2D eigenvalue weighted by molar-refractivity contribution is 0.00865. The van der Waals surface area contributed by atoms with Gasteiger partial charge in [0, 0.05) is 19.2 Å². The average molecular weight is 249 g/mol. The summed E-state index contributed by atoms with van der Waals surface area (Å²) in [6.45, 7) is 2.01. The van der Waals surface area contributed by atoms with Crippen molar-refractivity contribution in [1.29, 1.82) is 0 Å². The normalized spacial score (nSPS) is 22.9. The fraction of sp³-hybridized carbons (Fsp3) is 0.600. The maximum absolute atomic E-state index is 10.1. The number of nitrogens with zero attached hydrogens (tertiary/aromatic N) is 1. The highest BCUT2D eigenvalue weighted by molar-refractivity contribution is 5.14. The Morgan fingerprint density at radius 2 is 2.00 bits per heavy atom. The Morgan fingerprint density at radius 1 is 1.22 bits per heavy atom. The molecule has 2 rings (SSSR count). The van der Waals surface area contributed by atoms with Crippen molar-refractivity contribution >= 4 is 0 Å². The third kappa shape index (κ3) is 3.55. The molecule has 0 saturated carbocycles. The lowest BCUT2D eigenvalue weighted by Crippen LogP contribution is -2.46. The van der Waals surface area contributed by atoms with E-state index in [0.29, 0.717) is 6.42 Å². The summed E-state index contributed by atoms with van der Waals surface area (Å²) >= 11 is 0. The zero-order valence-corrected chi connectivity index (χ0v) is 10.8. The van der Waals surface area contributed by atoms with Crippen LogP contribution in [-0.4, -0.2) is 40.4 Å². The van der Waals surface area contributed by atoms with Gasteiger partial charge in [-0.15, -0.1) is 0 Å². The zero-order chi connectivity index (χ0) is 12.8. The van der Waals surface area contributed by atoms with Gasteiger partial charge in [-0.2, -0.15) is 0 Å². The van der Waals surface area contributed by atoms with Crippen molar-refractivity contribution in [3.63, 3.8) is 0 Å². The van der Waals surface area contributed by atoms with Gasteiger partial charge in [-0.25, -0.2) is 0 Å². The molecule has 0 amide bonds. The van der Waals surface area contributed by atoms with E-state index in [1.54, 1.807) is 0 Å². The van der Waals surface area contributed by atoms with E-state index in [2.05, 4.69) is 29.2 Å². The van der Waals surface area contributed by atoms with E-state index in [1.165, 1.54) is 18.4 Å². The number of hydrogen-bond acceptors (Lipinski definition) is 3. The lowest BCUT2D eigenvalue weighted by Gasteiger charge is -2.38. The molecule has 2 N–H and O–H groups in total. The van der Waals surface area contributed by atoms with Crippen LogP contribution in [-0.2, 0) is 6.54 Å². The van der Waals surface area contributed by atoms with Crippen LogP contribution in [0.5, 0.6) is 0 Å². The summed E-state index contributed by atoms with van der Waals surface area (Å²) in [6.07, 6.45) is 3.50. The molecule has 1 aromatic carbocycles.